The molecule has 0 bridgehead atoms. The van der Waals surface area contributed by atoms with Crippen molar-refractivity contribution >= 4 is 22.8 Å². The van der Waals surface area contributed by atoms with Gasteiger partial charge in [-0.3, -0.25) is 13.9 Å². The Bertz CT molecular complexity index is 1480. The molecule has 8 nitrogen and oxygen atoms in total. The third-order valence-corrected chi connectivity index (χ3v) is 6.20. The summed E-state index contributed by atoms with van der Waals surface area (Å²) in [4.78, 5) is 33.4. The van der Waals surface area contributed by atoms with Crippen molar-refractivity contribution in [2.24, 2.45) is 7.05 Å². The summed E-state index contributed by atoms with van der Waals surface area (Å²) in [6, 6.07) is 13.8. The zero-order chi connectivity index (χ0) is 22.6. The molecule has 5 rings (SSSR count). The van der Waals surface area contributed by atoms with Crippen molar-refractivity contribution in [1.29, 1.82) is 0 Å². The molecule has 0 N–H and O–H groups in total. The van der Waals surface area contributed by atoms with Crippen LogP contribution in [0.1, 0.15) is 16.7 Å². The number of anilines is 2. The van der Waals surface area contributed by atoms with E-state index in [-0.39, 0.29) is 17.8 Å². The Kier molecular flexibility index (Phi) is 4.65. The van der Waals surface area contributed by atoms with Crippen LogP contribution in [0.4, 0.5) is 11.6 Å². The Hall–Kier alpha value is -3.81. The topological polar surface area (TPSA) is 74.3 Å². The molecule has 1 aliphatic heterocycles. The molecule has 8 heteroatoms. The summed E-state index contributed by atoms with van der Waals surface area (Å²) >= 11 is 0. The van der Waals surface area contributed by atoms with Crippen LogP contribution < -0.4 is 20.9 Å². The third-order valence-electron chi connectivity index (χ3n) is 6.20. The molecule has 0 spiro atoms. The van der Waals surface area contributed by atoms with Gasteiger partial charge in [0.2, 0.25) is 5.95 Å². The lowest BCUT2D eigenvalue weighted by atomic mass is 10.1. The van der Waals surface area contributed by atoms with Crippen LogP contribution in [0.25, 0.3) is 11.2 Å². The predicted molar refractivity (Wildman–Crippen MR) is 124 cm³/mol. The van der Waals surface area contributed by atoms with Gasteiger partial charge in [-0.25, -0.2) is 4.79 Å². The van der Waals surface area contributed by atoms with E-state index in [0.29, 0.717) is 30.2 Å². The van der Waals surface area contributed by atoms with E-state index in [1.54, 1.807) is 14.2 Å². The lowest BCUT2D eigenvalue weighted by Crippen LogP contribution is -2.40. The molecule has 1 aliphatic rings. The zero-order valence-corrected chi connectivity index (χ0v) is 18.6. The van der Waals surface area contributed by atoms with E-state index in [1.165, 1.54) is 9.13 Å². The summed E-state index contributed by atoms with van der Waals surface area (Å²) in [5.41, 5.74) is 4.21. The normalized spacial score (nSPS) is 13.1. The number of hydrogen-bond acceptors (Lipinski definition) is 5. The maximum atomic E-state index is 13.5. The Morgan fingerprint density at radius 1 is 1.06 bits per heavy atom. The van der Waals surface area contributed by atoms with Crippen LogP contribution in [0.5, 0.6) is 5.75 Å². The Balaban J connectivity index is 1.67. The van der Waals surface area contributed by atoms with Crippen LogP contribution in [-0.4, -0.2) is 32.3 Å². The number of hydrogen-bond donors (Lipinski definition) is 0. The number of rotatable bonds is 4. The second kappa shape index (κ2) is 7.40. The fraction of sp³-hybridized carbons (Fsp3) is 0.292. The first kappa shape index (κ1) is 20.1. The van der Waals surface area contributed by atoms with Crippen LogP contribution in [0, 0.1) is 13.8 Å². The SMILES string of the molecule is COc1cccc(N2CCn3c2nc2c3c(=O)n(Cc3cc(C)ccc3C)c(=O)n2C)c1. The minimum atomic E-state index is -0.367. The number of nitrogens with zero attached hydrogens (tertiary/aromatic N) is 5. The Labute approximate surface area is 184 Å². The third kappa shape index (κ3) is 3.02. The highest BCUT2D eigenvalue weighted by Gasteiger charge is 2.29. The summed E-state index contributed by atoms with van der Waals surface area (Å²) in [7, 11) is 3.30. The molecule has 0 atom stereocenters. The highest BCUT2D eigenvalue weighted by Crippen LogP contribution is 2.33. The van der Waals surface area contributed by atoms with Crippen molar-refractivity contribution in [3.63, 3.8) is 0 Å². The highest BCUT2D eigenvalue weighted by atomic mass is 16.5. The van der Waals surface area contributed by atoms with Crippen molar-refractivity contribution in [3.05, 3.63) is 80.0 Å². The number of benzene rings is 2. The Morgan fingerprint density at radius 2 is 1.88 bits per heavy atom. The quantitative estimate of drug-likeness (QED) is 0.497. The van der Waals surface area contributed by atoms with E-state index in [0.717, 1.165) is 28.1 Å². The summed E-state index contributed by atoms with van der Waals surface area (Å²) in [5, 5.41) is 0. The molecule has 0 radical (unpaired) electrons. The van der Waals surface area contributed by atoms with E-state index in [4.69, 9.17) is 9.72 Å². The van der Waals surface area contributed by atoms with Crippen molar-refractivity contribution in [3.8, 4) is 5.75 Å². The van der Waals surface area contributed by atoms with E-state index in [2.05, 4.69) is 0 Å². The maximum absolute atomic E-state index is 13.5. The van der Waals surface area contributed by atoms with E-state index < -0.39 is 0 Å². The number of ether oxygens (including phenoxy) is 1. The standard InChI is InChI=1S/C24H25N5O3/c1-15-8-9-16(2)17(12-15)14-29-22(30)20-21(26(3)24(29)31)25-23-27(10-11-28(20)23)18-6-5-7-19(13-18)32-4/h5-9,12-13H,10-11,14H2,1-4H3. The van der Waals surface area contributed by atoms with Gasteiger partial charge >= 0.3 is 5.69 Å². The van der Waals surface area contributed by atoms with Crippen LogP contribution >= 0.6 is 0 Å². The van der Waals surface area contributed by atoms with E-state index in [1.807, 2.05) is 65.8 Å². The molecule has 0 fully saturated rings. The average molecular weight is 431 g/mol. The lowest BCUT2D eigenvalue weighted by molar-refractivity contribution is 0.415. The highest BCUT2D eigenvalue weighted by molar-refractivity contribution is 5.78. The van der Waals surface area contributed by atoms with E-state index in [9.17, 15) is 9.59 Å². The summed E-state index contributed by atoms with van der Waals surface area (Å²) in [6.07, 6.45) is 0. The molecule has 0 saturated carbocycles. The predicted octanol–water partition coefficient (Wildman–Crippen LogP) is 2.72. The van der Waals surface area contributed by atoms with E-state index >= 15 is 0 Å². The van der Waals surface area contributed by atoms with Gasteiger partial charge in [-0.05, 0) is 37.1 Å². The smallest absolute Gasteiger partial charge is 0.332 e. The molecule has 164 valence electrons. The molecular formula is C24H25N5O3. The van der Waals surface area contributed by atoms with Crippen LogP contribution in [-0.2, 0) is 20.1 Å². The van der Waals surface area contributed by atoms with Crippen molar-refractivity contribution < 1.29 is 4.74 Å². The molecule has 2 aromatic carbocycles. The van der Waals surface area contributed by atoms with Gasteiger partial charge in [0.25, 0.3) is 5.56 Å². The molecule has 0 unspecified atom stereocenters. The molecule has 0 saturated heterocycles. The molecule has 32 heavy (non-hydrogen) atoms. The van der Waals surface area contributed by atoms with Gasteiger partial charge in [-0.1, -0.05) is 29.8 Å². The summed E-state index contributed by atoms with van der Waals surface area (Å²) in [5.74, 6) is 1.41. The van der Waals surface area contributed by atoms with Gasteiger partial charge in [0.1, 0.15) is 5.75 Å². The van der Waals surface area contributed by atoms with Crippen LogP contribution in [0.2, 0.25) is 0 Å². The first-order chi connectivity index (χ1) is 15.4. The lowest BCUT2D eigenvalue weighted by Gasteiger charge is -2.16. The monoisotopic (exact) mass is 431 g/mol. The first-order valence-corrected chi connectivity index (χ1v) is 10.6. The number of aryl methyl sites for hydroxylation is 3. The van der Waals surface area contributed by atoms with Crippen LogP contribution in [0.15, 0.2) is 52.1 Å². The molecule has 2 aromatic heterocycles. The summed E-state index contributed by atoms with van der Waals surface area (Å²) < 4.78 is 10.0. The minimum absolute atomic E-state index is 0.231. The van der Waals surface area contributed by atoms with Gasteiger partial charge in [0.05, 0.1) is 13.7 Å². The number of methoxy groups -OCH3 is 1. The molecular weight excluding hydrogens is 406 g/mol. The second-order valence-electron chi connectivity index (χ2n) is 8.25. The van der Waals surface area contributed by atoms with Crippen LogP contribution in [0.3, 0.4) is 0 Å². The number of fused-ring (bicyclic) bond motifs is 3. The largest absolute Gasteiger partial charge is 0.497 e. The average Bonchev–Trinajstić information content (AvgIpc) is 3.37. The van der Waals surface area contributed by atoms with Gasteiger partial charge in [0, 0.05) is 31.9 Å². The summed E-state index contributed by atoms with van der Waals surface area (Å²) in [6.45, 7) is 5.52. The zero-order valence-electron chi connectivity index (χ0n) is 18.6. The molecule has 0 aliphatic carbocycles. The molecule has 0 amide bonds. The van der Waals surface area contributed by atoms with Gasteiger partial charge in [-0.2, -0.15) is 4.98 Å². The fourth-order valence-corrected chi connectivity index (χ4v) is 4.38. The van der Waals surface area contributed by atoms with Crippen molar-refractivity contribution in [2.75, 3.05) is 18.6 Å². The molecule has 3 heterocycles. The maximum Gasteiger partial charge on any atom is 0.332 e. The van der Waals surface area contributed by atoms with Gasteiger partial charge in [-0.15, -0.1) is 0 Å². The van der Waals surface area contributed by atoms with Gasteiger partial charge in [0.15, 0.2) is 11.2 Å². The molecule has 4 aromatic rings. The fourth-order valence-electron chi connectivity index (χ4n) is 4.38. The minimum Gasteiger partial charge on any atom is -0.497 e. The second-order valence-corrected chi connectivity index (χ2v) is 8.25. The first-order valence-electron chi connectivity index (χ1n) is 10.6. The van der Waals surface area contributed by atoms with Gasteiger partial charge < -0.3 is 14.2 Å². The van der Waals surface area contributed by atoms with Crippen molar-refractivity contribution in [2.45, 2.75) is 26.9 Å². The number of aromatic nitrogens is 4. The Morgan fingerprint density at radius 3 is 2.66 bits per heavy atom. The van der Waals surface area contributed by atoms with Crippen molar-refractivity contribution in [1.82, 2.24) is 18.7 Å². The number of imidazole rings is 1.